The number of nitrogens with zero attached hydrogens (tertiary/aromatic N) is 2. The maximum atomic E-state index is 14.1. The van der Waals surface area contributed by atoms with Crippen molar-refractivity contribution in [2.24, 2.45) is 29.6 Å². The van der Waals surface area contributed by atoms with E-state index in [1.165, 1.54) is 9.80 Å². The average Bonchev–Trinajstić information content (AvgIpc) is 3.44. The molecule has 0 spiro atoms. The number of hydrogen-bond acceptors (Lipinski definition) is 7. The van der Waals surface area contributed by atoms with E-state index < -0.39 is 35.5 Å². The molecule has 3 N–H and O–H groups in total. The molecule has 3 aromatic carbocycles. The van der Waals surface area contributed by atoms with Crippen LogP contribution in [0, 0.1) is 29.6 Å². The molecule has 7 rings (SSSR count). The van der Waals surface area contributed by atoms with E-state index in [0.717, 1.165) is 16.7 Å². The Labute approximate surface area is 274 Å². The molecule has 3 fully saturated rings. The first-order chi connectivity index (χ1) is 22.1. The number of phenolic OH excluding ortho intramolecular Hbond substituents is 3. The van der Waals surface area contributed by atoms with E-state index in [2.05, 4.69) is 15.9 Å². The maximum Gasteiger partial charge on any atom is 0.234 e. The van der Waals surface area contributed by atoms with Gasteiger partial charge in [0.05, 0.1) is 23.7 Å². The predicted molar refractivity (Wildman–Crippen MR) is 170 cm³/mol. The fraction of sp³-hybridized carbons (Fsp3) is 0.333. The van der Waals surface area contributed by atoms with Crippen molar-refractivity contribution in [3.63, 3.8) is 0 Å². The van der Waals surface area contributed by atoms with Crippen molar-refractivity contribution in [1.29, 1.82) is 0 Å². The number of carbonyl (C=O) groups is 4. The summed E-state index contributed by atoms with van der Waals surface area (Å²) in [4.78, 5) is 58.4. The Bertz CT molecular complexity index is 1770. The number of allylic oxidation sites excluding steroid dienone is 2. The van der Waals surface area contributed by atoms with Crippen LogP contribution in [0.1, 0.15) is 35.4 Å². The Hall–Kier alpha value is -4.44. The number of aromatic hydroxyl groups is 3. The van der Waals surface area contributed by atoms with E-state index in [1.807, 2.05) is 6.08 Å². The summed E-state index contributed by atoms with van der Waals surface area (Å²) in [7, 11) is 0. The molecule has 4 amide bonds. The molecule has 236 valence electrons. The summed E-state index contributed by atoms with van der Waals surface area (Å²) in [6, 6.07) is 18.4. The number of imide groups is 2. The number of carbonyl (C=O) groups excluding carboxylic acids is 4. The summed E-state index contributed by atoms with van der Waals surface area (Å²) in [5.74, 6) is -4.53. The van der Waals surface area contributed by atoms with Gasteiger partial charge in [-0.2, -0.15) is 0 Å². The minimum atomic E-state index is -0.746. The molecule has 0 bridgehead atoms. The van der Waals surface area contributed by atoms with Crippen molar-refractivity contribution < 1.29 is 34.5 Å². The summed E-state index contributed by atoms with van der Waals surface area (Å²) in [5, 5.41) is 30.3. The van der Waals surface area contributed by atoms with Gasteiger partial charge < -0.3 is 15.3 Å². The molecule has 2 aliphatic heterocycles. The predicted octanol–water partition coefficient (Wildman–Crippen LogP) is 4.69. The highest BCUT2D eigenvalue weighted by molar-refractivity contribution is 9.10. The van der Waals surface area contributed by atoms with Crippen LogP contribution >= 0.6 is 15.9 Å². The minimum Gasteiger partial charge on any atom is -0.508 e. The van der Waals surface area contributed by atoms with Crippen molar-refractivity contribution in [2.75, 3.05) is 13.1 Å². The first kappa shape index (κ1) is 30.2. The molecule has 10 heteroatoms. The summed E-state index contributed by atoms with van der Waals surface area (Å²) < 4.78 is 0.710. The second-order valence-corrected chi connectivity index (χ2v) is 13.6. The Kier molecular flexibility index (Phi) is 7.71. The van der Waals surface area contributed by atoms with Gasteiger partial charge in [-0.1, -0.05) is 51.8 Å². The van der Waals surface area contributed by atoms with Crippen LogP contribution < -0.4 is 0 Å². The number of likely N-dealkylation sites (tertiary alicyclic amines) is 2. The Morgan fingerprint density at radius 3 is 1.78 bits per heavy atom. The van der Waals surface area contributed by atoms with E-state index in [0.29, 0.717) is 29.3 Å². The van der Waals surface area contributed by atoms with Crippen LogP contribution in [-0.2, 0) is 32.0 Å². The van der Waals surface area contributed by atoms with Gasteiger partial charge in [-0.25, -0.2) is 0 Å². The van der Waals surface area contributed by atoms with Crippen molar-refractivity contribution in [2.45, 2.75) is 31.6 Å². The van der Waals surface area contributed by atoms with Gasteiger partial charge in [0.25, 0.3) is 0 Å². The standard InChI is InChI=1S/C36H33BrN2O7/c37-21-5-12-29(42)27(17-21)30-24-10-11-25-31(35(45)38(33(25)43)15-13-19-1-6-22(40)7-2-19)26(24)18-28-32(30)36(46)39(34(28)44)16-14-20-3-8-23(41)9-4-20/h1-10,12,17,25-26,28,30-32,40-42H,11,13-16,18H2/t25-,26+,28+,30+,31-,32+/m0/s1. The van der Waals surface area contributed by atoms with Crippen LogP contribution in [-0.4, -0.2) is 61.8 Å². The van der Waals surface area contributed by atoms with E-state index in [1.54, 1.807) is 66.7 Å². The lowest BCUT2D eigenvalue weighted by Crippen LogP contribution is -2.43. The number of rotatable bonds is 7. The molecule has 2 aliphatic carbocycles. The maximum absolute atomic E-state index is 14.1. The van der Waals surface area contributed by atoms with Gasteiger partial charge in [-0.05, 0) is 85.2 Å². The highest BCUT2D eigenvalue weighted by atomic mass is 79.9. The molecule has 9 nitrogen and oxygen atoms in total. The molecule has 0 aromatic heterocycles. The van der Waals surface area contributed by atoms with E-state index in [4.69, 9.17) is 0 Å². The quantitative estimate of drug-likeness (QED) is 0.243. The second kappa shape index (κ2) is 11.7. The Balaban J connectivity index is 1.21. The highest BCUT2D eigenvalue weighted by Gasteiger charge is 2.62. The normalized spacial score (nSPS) is 27.0. The summed E-state index contributed by atoms with van der Waals surface area (Å²) in [5.41, 5.74) is 3.11. The fourth-order valence-corrected chi connectivity index (χ4v) is 8.47. The number of amides is 4. The lowest BCUT2D eigenvalue weighted by molar-refractivity contribution is -0.142. The lowest BCUT2D eigenvalue weighted by Gasteiger charge is -2.44. The van der Waals surface area contributed by atoms with E-state index in [-0.39, 0.29) is 60.4 Å². The number of phenols is 3. The first-order valence-corrected chi connectivity index (χ1v) is 16.4. The molecule has 1 saturated carbocycles. The highest BCUT2D eigenvalue weighted by Crippen LogP contribution is 2.59. The number of halogens is 1. The molecule has 0 radical (unpaired) electrons. The molecule has 3 aromatic rings. The molecule has 2 heterocycles. The molecule has 0 unspecified atom stereocenters. The SMILES string of the molecule is O=C1[C@H]2[C@H](CC=C3[C@H]2C[C@H]2C(=O)N(CCc4ccc(O)cc4)C(=O)[C@H]2[C@H]3c2cc(Br)ccc2O)C(=O)N1CCc1ccc(O)cc1. The zero-order valence-corrected chi connectivity index (χ0v) is 26.5. The van der Waals surface area contributed by atoms with E-state index >= 15 is 0 Å². The van der Waals surface area contributed by atoms with Crippen LogP contribution in [0.15, 0.2) is 82.9 Å². The van der Waals surface area contributed by atoms with Gasteiger partial charge in [0.15, 0.2) is 0 Å². The molecule has 46 heavy (non-hydrogen) atoms. The van der Waals surface area contributed by atoms with Gasteiger partial charge >= 0.3 is 0 Å². The number of hydrogen-bond donors (Lipinski definition) is 3. The van der Waals surface area contributed by atoms with Crippen LogP contribution in [0.2, 0.25) is 0 Å². The topological polar surface area (TPSA) is 135 Å². The molecule has 2 saturated heterocycles. The fourth-order valence-electron chi connectivity index (χ4n) is 8.09. The van der Waals surface area contributed by atoms with Crippen LogP contribution in [0.4, 0.5) is 0 Å². The van der Waals surface area contributed by atoms with Crippen molar-refractivity contribution >= 4 is 39.6 Å². The summed E-state index contributed by atoms with van der Waals surface area (Å²) in [6.07, 6.45) is 3.45. The number of benzene rings is 3. The Morgan fingerprint density at radius 2 is 1.20 bits per heavy atom. The van der Waals surface area contributed by atoms with Gasteiger partial charge in [0, 0.05) is 29.0 Å². The van der Waals surface area contributed by atoms with Crippen LogP contribution in [0.5, 0.6) is 17.2 Å². The smallest absolute Gasteiger partial charge is 0.234 e. The van der Waals surface area contributed by atoms with Gasteiger partial charge in [0.2, 0.25) is 23.6 Å². The third kappa shape index (κ3) is 5.08. The van der Waals surface area contributed by atoms with Gasteiger partial charge in [-0.3, -0.25) is 29.0 Å². The second-order valence-electron chi connectivity index (χ2n) is 12.7. The molecule has 6 atom stereocenters. The zero-order chi connectivity index (χ0) is 32.3. The van der Waals surface area contributed by atoms with Crippen LogP contribution in [0.3, 0.4) is 0 Å². The average molecular weight is 686 g/mol. The summed E-state index contributed by atoms with van der Waals surface area (Å²) >= 11 is 3.50. The number of fused-ring (bicyclic) bond motifs is 4. The Morgan fingerprint density at radius 1 is 0.652 bits per heavy atom. The van der Waals surface area contributed by atoms with E-state index in [9.17, 15) is 34.5 Å². The largest absolute Gasteiger partial charge is 0.508 e. The monoisotopic (exact) mass is 684 g/mol. The third-order valence-electron chi connectivity index (χ3n) is 10.3. The third-order valence-corrected chi connectivity index (χ3v) is 10.8. The van der Waals surface area contributed by atoms with Crippen LogP contribution in [0.25, 0.3) is 0 Å². The lowest BCUT2D eigenvalue weighted by atomic mass is 9.57. The van der Waals surface area contributed by atoms with Crippen molar-refractivity contribution in [1.82, 2.24) is 9.80 Å². The molecular weight excluding hydrogens is 652 g/mol. The zero-order valence-electron chi connectivity index (χ0n) is 24.9. The van der Waals surface area contributed by atoms with Crippen molar-refractivity contribution in [3.05, 3.63) is 99.5 Å². The van der Waals surface area contributed by atoms with Crippen molar-refractivity contribution in [3.8, 4) is 17.2 Å². The van der Waals surface area contributed by atoms with Gasteiger partial charge in [-0.15, -0.1) is 0 Å². The molecule has 4 aliphatic rings. The first-order valence-electron chi connectivity index (χ1n) is 15.6. The van der Waals surface area contributed by atoms with Gasteiger partial charge in [0.1, 0.15) is 17.2 Å². The summed E-state index contributed by atoms with van der Waals surface area (Å²) in [6.45, 7) is 0.382. The minimum absolute atomic E-state index is 0.00256. The molecular formula is C36H33BrN2O7.